The molecular formula is C15H23N3O4S. The third-order valence-corrected chi connectivity index (χ3v) is 6.35. The second kappa shape index (κ2) is 6.22. The van der Waals surface area contributed by atoms with Crippen LogP contribution >= 0.6 is 11.8 Å². The van der Waals surface area contributed by atoms with Crippen LogP contribution in [0.25, 0.3) is 0 Å². The van der Waals surface area contributed by atoms with Crippen LogP contribution in [0.1, 0.15) is 26.7 Å². The lowest BCUT2D eigenvalue weighted by atomic mass is 10.2. The molecule has 0 saturated carbocycles. The van der Waals surface area contributed by atoms with Crippen molar-refractivity contribution in [3.8, 4) is 0 Å². The lowest BCUT2D eigenvalue weighted by Gasteiger charge is -2.37. The molecule has 3 saturated heterocycles. The Labute approximate surface area is 140 Å². The fraction of sp³-hybridized carbons (Fsp3) is 0.800. The highest BCUT2D eigenvalue weighted by Gasteiger charge is 2.53. The Balaban J connectivity index is 1.60. The molecule has 3 fully saturated rings. The summed E-state index contributed by atoms with van der Waals surface area (Å²) in [5.41, 5.74) is 0. The van der Waals surface area contributed by atoms with E-state index in [9.17, 15) is 14.4 Å². The summed E-state index contributed by atoms with van der Waals surface area (Å²) >= 11 is 1.70. The number of hydrogen-bond donors (Lipinski definition) is 0. The number of piperazine rings is 1. The van der Waals surface area contributed by atoms with Crippen LogP contribution in [0.5, 0.6) is 0 Å². The molecule has 3 aliphatic heterocycles. The van der Waals surface area contributed by atoms with Crippen LogP contribution in [0.15, 0.2) is 0 Å². The number of hydrogen-bond acceptors (Lipinski definition) is 5. The molecule has 3 amide bonds. The number of rotatable bonds is 2. The summed E-state index contributed by atoms with van der Waals surface area (Å²) in [6.07, 6.45) is 1.03. The summed E-state index contributed by atoms with van der Waals surface area (Å²) in [5, 5.41) is 0. The van der Waals surface area contributed by atoms with E-state index in [0.29, 0.717) is 45.0 Å². The maximum atomic E-state index is 12.8. The molecule has 0 aromatic rings. The molecule has 0 spiro atoms. The van der Waals surface area contributed by atoms with Gasteiger partial charge in [0, 0.05) is 38.4 Å². The molecule has 0 aliphatic carbocycles. The highest BCUT2D eigenvalue weighted by molar-refractivity contribution is 8.01. The Morgan fingerprint density at radius 1 is 1.26 bits per heavy atom. The molecule has 128 valence electrons. The van der Waals surface area contributed by atoms with Crippen LogP contribution in [0.4, 0.5) is 4.79 Å². The predicted molar refractivity (Wildman–Crippen MR) is 85.9 cm³/mol. The minimum atomic E-state index is -0.353. The average Bonchev–Trinajstić information content (AvgIpc) is 3.04. The Hall–Kier alpha value is -1.44. The molecule has 3 aliphatic rings. The molecule has 7 nitrogen and oxygen atoms in total. The normalized spacial score (nSPS) is 30.6. The van der Waals surface area contributed by atoms with Crippen molar-refractivity contribution in [3.05, 3.63) is 0 Å². The van der Waals surface area contributed by atoms with Crippen molar-refractivity contribution in [2.75, 3.05) is 38.5 Å². The van der Waals surface area contributed by atoms with Crippen LogP contribution in [-0.4, -0.2) is 82.1 Å². The molecule has 2 atom stereocenters. The Bertz CT molecular complexity index is 521. The van der Waals surface area contributed by atoms with Crippen LogP contribution in [0.2, 0.25) is 0 Å². The van der Waals surface area contributed by atoms with E-state index >= 15 is 0 Å². The zero-order valence-corrected chi connectivity index (χ0v) is 14.4. The molecule has 8 heteroatoms. The lowest BCUT2D eigenvalue weighted by molar-refractivity contribution is -0.144. The first-order valence-corrected chi connectivity index (χ1v) is 9.11. The van der Waals surface area contributed by atoms with Crippen LogP contribution in [0.3, 0.4) is 0 Å². The SMILES string of the molecule is CCOC(=O)N1CCN(C(=O)[C@@H]2CS[C@]3(C)CCC(=O)N23)CC1. The van der Waals surface area contributed by atoms with Gasteiger partial charge >= 0.3 is 6.09 Å². The minimum absolute atomic E-state index is 0.0139. The van der Waals surface area contributed by atoms with Crippen LogP contribution < -0.4 is 0 Å². The van der Waals surface area contributed by atoms with Gasteiger partial charge in [-0.2, -0.15) is 0 Å². The summed E-state index contributed by atoms with van der Waals surface area (Å²) in [4.78, 5) is 41.6. The molecule has 0 radical (unpaired) electrons. The first-order chi connectivity index (χ1) is 11.0. The van der Waals surface area contributed by atoms with E-state index in [2.05, 4.69) is 6.92 Å². The molecule has 0 aromatic heterocycles. The fourth-order valence-corrected chi connectivity index (χ4v) is 4.96. The van der Waals surface area contributed by atoms with Crippen molar-refractivity contribution in [3.63, 3.8) is 0 Å². The third-order valence-electron chi connectivity index (χ3n) is 4.85. The van der Waals surface area contributed by atoms with E-state index in [-0.39, 0.29) is 28.8 Å². The molecular weight excluding hydrogens is 318 g/mol. The van der Waals surface area contributed by atoms with E-state index in [1.807, 2.05) is 0 Å². The number of amides is 3. The van der Waals surface area contributed by atoms with Gasteiger partial charge in [-0.25, -0.2) is 4.79 Å². The quantitative estimate of drug-likeness (QED) is 0.741. The highest BCUT2D eigenvalue weighted by atomic mass is 32.2. The number of nitrogens with zero attached hydrogens (tertiary/aromatic N) is 3. The summed E-state index contributed by atoms with van der Waals surface area (Å²) < 4.78 is 4.99. The Morgan fingerprint density at radius 2 is 1.91 bits per heavy atom. The lowest BCUT2D eigenvalue weighted by Crippen LogP contribution is -2.56. The van der Waals surface area contributed by atoms with Gasteiger partial charge in [0.25, 0.3) is 0 Å². The van der Waals surface area contributed by atoms with Crippen LogP contribution in [-0.2, 0) is 14.3 Å². The summed E-state index contributed by atoms with van der Waals surface area (Å²) in [6.45, 7) is 6.14. The van der Waals surface area contributed by atoms with Gasteiger partial charge in [0.15, 0.2) is 0 Å². The molecule has 0 unspecified atom stereocenters. The van der Waals surface area contributed by atoms with E-state index in [0.717, 1.165) is 6.42 Å². The average molecular weight is 341 g/mol. The van der Waals surface area contributed by atoms with Crippen molar-refractivity contribution in [1.82, 2.24) is 14.7 Å². The first-order valence-electron chi connectivity index (χ1n) is 8.13. The second-order valence-electron chi connectivity index (χ2n) is 6.28. The predicted octanol–water partition coefficient (Wildman–Crippen LogP) is 0.741. The van der Waals surface area contributed by atoms with Gasteiger partial charge in [-0.1, -0.05) is 0 Å². The number of fused-ring (bicyclic) bond motifs is 1. The van der Waals surface area contributed by atoms with Gasteiger partial charge < -0.3 is 19.4 Å². The number of carbonyl (C=O) groups excluding carboxylic acids is 3. The second-order valence-corrected chi connectivity index (χ2v) is 7.78. The van der Waals surface area contributed by atoms with Crippen molar-refractivity contribution in [2.45, 2.75) is 37.6 Å². The van der Waals surface area contributed by atoms with Gasteiger partial charge in [0.05, 0.1) is 11.5 Å². The van der Waals surface area contributed by atoms with Gasteiger partial charge in [-0.05, 0) is 20.3 Å². The summed E-state index contributed by atoms with van der Waals surface area (Å²) in [5.74, 6) is 0.764. The Kier molecular flexibility index (Phi) is 4.44. The zero-order valence-electron chi connectivity index (χ0n) is 13.6. The molecule has 3 rings (SSSR count). The number of ether oxygens (including phenoxy) is 1. The van der Waals surface area contributed by atoms with Gasteiger partial charge in [-0.15, -0.1) is 11.8 Å². The molecule has 0 N–H and O–H groups in total. The van der Waals surface area contributed by atoms with Crippen molar-refractivity contribution in [2.24, 2.45) is 0 Å². The topological polar surface area (TPSA) is 70.2 Å². The van der Waals surface area contributed by atoms with Gasteiger partial charge in [-0.3, -0.25) is 9.59 Å². The highest BCUT2D eigenvalue weighted by Crippen LogP contribution is 2.47. The van der Waals surface area contributed by atoms with Gasteiger partial charge in [0.1, 0.15) is 6.04 Å². The molecule has 23 heavy (non-hydrogen) atoms. The van der Waals surface area contributed by atoms with E-state index in [1.165, 1.54) is 0 Å². The monoisotopic (exact) mass is 341 g/mol. The van der Waals surface area contributed by atoms with Crippen molar-refractivity contribution in [1.29, 1.82) is 0 Å². The number of thioether (sulfide) groups is 1. The largest absolute Gasteiger partial charge is 0.450 e. The molecule has 3 heterocycles. The van der Waals surface area contributed by atoms with E-state index in [1.54, 1.807) is 33.4 Å². The maximum Gasteiger partial charge on any atom is 0.409 e. The van der Waals surface area contributed by atoms with Crippen LogP contribution in [0, 0.1) is 0 Å². The van der Waals surface area contributed by atoms with Crippen molar-refractivity contribution < 1.29 is 19.1 Å². The smallest absolute Gasteiger partial charge is 0.409 e. The maximum absolute atomic E-state index is 12.8. The fourth-order valence-electron chi connectivity index (χ4n) is 3.54. The molecule has 0 aromatic carbocycles. The third kappa shape index (κ3) is 2.88. The summed E-state index contributed by atoms with van der Waals surface area (Å²) in [6, 6.07) is -0.353. The van der Waals surface area contributed by atoms with Crippen molar-refractivity contribution >= 4 is 29.7 Å². The standard InChI is InChI=1S/C15H23N3O4S/c1-3-22-14(21)17-8-6-16(7-9-17)13(20)11-10-23-15(2)5-4-12(19)18(11)15/h11H,3-10H2,1-2H3/t11-,15+/m0/s1. The van der Waals surface area contributed by atoms with E-state index < -0.39 is 0 Å². The Morgan fingerprint density at radius 3 is 2.57 bits per heavy atom. The minimum Gasteiger partial charge on any atom is -0.450 e. The zero-order chi connectivity index (χ0) is 16.6. The summed E-state index contributed by atoms with van der Waals surface area (Å²) in [7, 11) is 0. The van der Waals surface area contributed by atoms with Gasteiger partial charge in [0.2, 0.25) is 11.8 Å². The van der Waals surface area contributed by atoms with E-state index in [4.69, 9.17) is 4.74 Å². The first kappa shape index (κ1) is 16.4. The molecule has 0 bridgehead atoms. The number of carbonyl (C=O) groups is 3.